The molecule has 0 aromatic carbocycles. The van der Waals surface area contributed by atoms with Crippen LogP contribution in [0.5, 0.6) is 0 Å². The van der Waals surface area contributed by atoms with Gasteiger partial charge in [-0.2, -0.15) is 0 Å². The molecule has 6 nitrogen and oxygen atoms in total. The van der Waals surface area contributed by atoms with Crippen LogP contribution in [0.3, 0.4) is 0 Å². The smallest absolute Gasteiger partial charge is 0.330 e. The van der Waals surface area contributed by atoms with Gasteiger partial charge in [0.2, 0.25) is 0 Å². The third-order valence-corrected chi connectivity index (χ3v) is 2.07. The fourth-order valence-corrected chi connectivity index (χ4v) is 1.45. The highest BCUT2D eigenvalue weighted by Gasteiger charge is 2.09. The quantitative estimate of drug-likeness (QED) is 0.498. The maximum Gasteiger partial charge on any atom is 0.330 e. The molecule has 0 unspecified atom stereocenters. The van der Waals surface area contributed by atoms with Crippen LogP contribution in [0.25, 0.3) is 11.2 Å². The van der Waals surface area contributed by atoms with Crippen LogP contribution in [-0.2, 0) is 6.54 Å². The van der Waals surface area contributed by atoms with E-state index in [1.165, 1.54) is 4.57 Å². The van der Waals surface area contributed by atoms with Gasteiger partial charge in [0, 0.05) is 6.54 Å². The van der Waals surface area contributed by atoms with E-state index >= 15 is 0 Å². The van der Waals surface area contributed by atoms with E-state index in [1.54, 1.807) is 7.85 Å². The molecule has 0 saturated heterocycles. The van der Waals surface area contributed by atoms with Gasteiger partial charge in [0.1, 0.15) is 5.52 Å². The number of hydrogen-bond donors (Lipinski definition) is 2. The van der Waals surface area contributed by atoms with Crippen LogP contribution in [0.4, 0.5) is 0 Å². The first-order valence-corrected chi connectivity index (χ1v) is 4.33. The number of imidazole rings is 1. The largest absolute Gasteiger partial charge is 0.345 e. The lowest BCUT2D eigenvalue weighted by Gasteiger charge is -1.99. The van der Waals surface area contributed by atoms with Gasteiger partial charge >= 0.3 is 5.69 Å². The zero-order valence-corrected chi connectivity index (χ0v) is 7.92. The Bertz CT molecular complexity index is 594. The Hall–Kier alpha value is -1.79. The molecular formula is C7H9BN4O2. The second kappa shape index (κ2) is 2.86. The average Bonchev–Trinajstić information content (AvgIpc) is 2.48. The average molecular weight is 192 g/mol. The third-order valence-electron chi connectivity index (χ3n) is 2.07. The number of nitrogens with one attached hydrogen (secondary N) is 2. The predicted molar refractivity (Wildman–Crippen MR) is 54.8 cm³/mol. The highest BCUT2D eigenvalue weighted by Crippen LogP contribution is 1.97. The number of rotatable bonds is 1. The van der Waals surface area contributed by atoms with Crippen LogP contribution in [0.2, 0.25) is 0 Å². The molecule has 0 aliphatic heterocycles. The maximum absolute atomic E-state index is 11.3. The van der Waals surface area contributed by atoms with Gasteiger partial charge in [-0.05, 0) is 6.92 Å². The number of fused-ring (bicyclic) bond motifs is 1. The summed E-state index contributed by atoms with van der Waals surface area (Å²) in [4.78, 5) is 31.8. The Labute approximate surface area is 79.4 Å². The minimum atomic E-state index is -0.421. The van der Waals surface area contributed by atoms with E-state index in [2.05, 4.69) is 15.0 Å². The molecule has 14 heavy (non-hydrogen) atoms. The lowest BCUT2D eigenvalue weighted by molar-refractivity contribution is 0.720. The van der Waals surface area contributed by atoms with Crippen molar-refractivity contribution in [1.82, 2.24) is 19.5 Å². The molecule has 0 bridgehead atoms. The first-order valence-electron chi connectivity index (χ1n) is 4.33. The summed E-state index contributed by atoms with van der Waals surface area (Å²) in [5.41, 5.74) is 0.549. The van der Waals surface area contributed by atoms with Crippen molar-refractivity contribution < 1.29 is 0 Å². The standard InChI is InChI=1S/C7H9BN4O2/c1-2-12-4-3(9-6(8)10-4)5(13)11-7(12)14/h2,8H2,1H3,(H,9,10)(H,11,13,14). The maximum atomic E-state index is 11.3. The molecule has 0 amide bonds. The Kier molecular flexibility index (Phi) is 1.80. The molecule has 0 aliphatic rings. The third kappa shape index (κ3) is 1.09. The van der Waals surface area contributed by atoms with Gasteiger partial charge in [-0.3, -0.25) is 14.3 Å². The molecule has 2 aromatic heterocycles. The van der Waals surface area contributed by atoms with Crippen molar-refractivity contribution in [3.05, 3.63) is 20.8 Å². The SMILES string of the molecule is Bc1nc2c([nH]1)c(=O)[nH]c(=O)n2CC. The molecule has 0 fully saturated rings. The first kappa shape index (κ1) is 8.80. The van der Waals surface area contributed by atoms with Gasteiger partial charge in [-0.1, -0.05) is 0 Å². The van der Waals surface area contributed by atoms with Crippen LogP contribution >= 0.6 is 0 Å². The van der Waals surface area contributed by atoms with Crippen molar-refractivity contribution in [2.75, 3.05) is 0 Å². The molecule has 0 aliphatic carbocycles. The van der Waals surface area contributed by atoms with Crippen molar-refractivity contribution in [1.29, 1.82) is 0 Å². The fourth-order valence-electron chi connectivity index (χ4n) is 1.45. The van der Waals surface area contributed by atoms with Gasteiger partial charge < -0.3 is 4.98 Å². The van der Waals surface area contributed by atoms with Crippen LogP contribution in [-0.4, -0.2) is 27.4 Å². The molecule has 72 valence electrons. The van der Waals surface area contributed by atoms with E-state index in [-0.39, 0.29) is 0 Å². The number of aromatic nitrogens is 4. The number of aryl methyl sites for hydroxylation is 1. The lowest BCUT2D eigenvalue weighted by Crippen LogP contribution is -2.29. The van der Waals surface area contributed by atoms with Crippen LogP contribution in [0.1, 0.15) is 6.92 Å². The second-order valence-electron chi connectivity index (χ2n) is 3.02. The van der Waals surface area contributed by atoms with Gasteiger partial charge in [0.15, 0.2) is 13.5 Å². The minimum absolute atomic E-state index is 0.351. The summed E-state index contributed by atoms with van der Waals surface area (Å²) in [6, 6.07) is 0. The van der Waals surface area contributed by atoms with Crippen molar-refractivity contribution in [3.8, 4) is 0 Å². The molecule has 0 saturated carbocycles. The zero-order chi connectivity index (χ0) is 10.3. The lowest BCUT2D eigenvalue weighted by atomic mass is 10.1. The van der Waals surface area contributed by atoms with E-state index in [4.69, 9.17) is 0 Å². The van der Waals surface area contributed by atoms with Gasteiger partial charge in [0.25, 0.3) is 5.56 Å². The summed E-state index contributed by atoms with van der Waals surface area (Å²) in [7, 11) is 1.74. The monoisotopic (exact) mass is 192 g/mol. The molecule has 2 N–H and O–H groups in total. The summed E-state index contributed by atoms with van der Waals surface area (Å²) in [6.45, 7) is 2.31. The highest BCUT2D eigenvalue weighted by atomic mass is 16.2. The summed E-state index contributed by atoms with van der Waals surface area (Å²) in [5, 5.41) is 0. The normalized spacial score (nSPS) is 10.9. The highest BCUT2D eigenvalue weighted by molar-refractivity contribution is 6.29. The minimum Gasteiger partial charge on any atom is -0.345 e. The molecular weight excluding hydrogens is 183 g/mol. The molecule has 2 rings (SSSR count). The van der Waals surface area contributed by atoms with Gasteiger partial charge in [-0.25, -0.2) is 9.78 Å². The van der Waals surface area contributed by atoms with E-state index in [0.717, 1.165) is 0 Å². The van der Waals surface area contributed by atoms with E-state index in [9.17, 15) is 9.59 Å². The molecule has 2 aromatic rings. The molecule has 7 heteroatoms. The van der Waals surface area contributed by atoms with E-state index in [1.807, 2.05) is 6.92 Å². The Balaban J connectivity index is 3.05. The van der Waals surface area contributed by atoms with Crippen molar-refractivity contribution in [2.45, 2.75) is 13.5 Å². The second-order valence-corrected chi connectivity index (χ2v) is 3.02. The number of H-pyrrole nitrogens is 2. The zero-order valence-electron chi connectivity index (χ0n) is 7.92. The van der Waals surface area contributed by atoms with Gasteiger partial charge in [0.05, 0.1) is 5.72 Å². The summed E-state index contributed by atoms with van der Waals surface area (Å²) >= 11 is 0. The first-order chi connectivity index (χ1) is 6.63. The van der Waals surface area contributed by atoms with Gasteiger partial charge in [-0.15, -0.1) is 0 Å². The van der Waals surface area contributed by atoms with E-state index in [0.29, 0.717) is 23.4 Å². The molecule has 0 radical (unpaired) electrons. The summed E-state index contributed by atoms with van der Waals surface area (Å²) in [6.07, 6.45) is 0. The summed E-state index contributed by atoms with van der Waals surface area (Å²) in [5.74, 6) is 0. The van der Waals surface area contributed by atoms with Crippen LogP contribution in [0, 0.1) is 0 Å². The Morgan fingerprint density at radius 2 is 2.14 bits per heavy atom. The number of aromatic amines is 2. The van der Waals surface area contributed by atoms with Crippen molar-refractivity contribution in [2.24, 2.45) is 0 Å². The van der Waals surface area contributed by atoms with E-state index < -0.39 is 11.2 Å². The van der Waals surface area contributed by atoms with Crippen LogP contribution < -0.4 is 17.0 Å². The fraction of sp³-hybridized carbons (Fsp3) is 0.286. The van der Waals surface area contributed by atoms with Crippen LogP contribution in [0.15, 0.2) is 9.59 Å². The number of nitrogens with zero attached hydrogens (tertiary/aromatic N) is 2. The Morgan fingerprint density at radius 1 is 1.43 bits per heavy atom. The van der Waals surface area contributed by atoms with Crippen molar-refractivity contribution >= 4 is 24.7 Å². The number of hydrogen-bond acceptors (Lipinski definition) is 3. The predicted octanol–water partition coefficient (Wildman–Crippen LogP) is -2.31. The molecule has 2 heterocycles. The summed E-state index contributed by atoms with van der Waals surface area (Å²) < 4.78 is 1.42. The Morgan fingerprint density at radius 3 is 2.79 bits per heavy atom. The van der Waals surface area contributed by atoms with Crippen molar-refractivity contribution in [3.63, 3.8) is 0 Å². The molecule has 0 spiro atoms. The molecule has 0 atom stereocenters. The topological polar surface area (TPSA) is 83.5 Å².